The summed E-state index contributed by atoms with van der Waals surface area (Å²) in [6.45, 7) is 0.189. The number of nitrogens with zero attached hydrogens (tertiary/aromatic N) is 1. The number of rotatable bonds is 8. The maximum absolute atomic E-state index is 12.0. The molecule has 0 aliphatic rings. The Morgan fingerprint density at radius 1 is 1.04 bits per heavy atom. The topological polar surface area (TPSA) is 57.7 Å². The van der Waals surface area contributed by atoms with E-state index in [1.54, 1.807) is 25.6 Å². The quantitative estimate of drug-likeness (QED) is 0.536. The summed E-state index contributed by atoms with van der Waals surface area (Å²) < 4.78 is 15.8. The standard InChI is InChI=1S/C21H21NO4S/c1-24-18-10-8-15(12-19(18)25-2)9-11-20(23)26-13-17-14-27-21(22-17)16-6-4-3-5-7-16/h3-8,10,12,14H,9,11,13H2,1-2H3. The van der Waals surface area contributed by atoms with E-state index >= 15 is 0 Å². The number of aryl methyl sites for hydroxylation is 1. The zero-order chi connectivity index (χ0) is 19.1. The summed E-state index contributed by atoms with van der Waals surface area (Å²) >= 11 is 1.54. The monoisotopic (exact) mass is 383 g/mol. The van der Waals surface area contributed by atoms with Gasteiger partial charge in [-0.05, 0) is 24.1 Å². The molecule has 6 heteroatoms. The molecule has 0 fully saturated rings. The highest BCUT2D eigenvalue weighted by atomic mass is 32.1. The molecule has 1 heterocycles. The van der Waals surface area contributed by atoms with E-state index in [4.69, 9.17) is 14.2 Å². The van der Waals surface area contributed by atoms with Crippen LogP contribution in [0.15, 0.2) is 53.9 Å². The van der Waals surface area contributed by atoms with Crippen LogP contribution < -0.4 is 9.47 Å². The first-order valence-electron chi connectivity index (χ1n) is 8.56. The maximum Gasteiger partial charge on any atom is 0.306 e. The number of carbonyl (C=O) groups is 1. The lowest BCUT2D eigenvalue weighted by atomic mass is 10.1. The van der Waals surface area contributed by atoms with E-state index in [2.05, 4.69) is 4.98 Å². The minimum absolute atomic E-state index is 0.189. The lowest BCUT2D eigenvalue weighted by molar-refractivity contribution is -0.145. The van der Waals surface area contributed by atoms with Gasteiger partial charge < -0.3 is 14.2 Å². The van der Waals surface area contributed by atoms with Gasteiger partial charge in [0.15, 0.2) is 11.5 Å². The molecule has 0 N–H and O–H groups in total. The van der Waals surface area contributed by atoms with Gasteiger partial charge in [-0.3, -0.25) is 4.79 Å². The van der Waals surface area contributed by atoms with E-state index in [1.165, 1.54) is 0 Å². The van der Waals surface area contributed by atoms with E-state index in [1.807, 2.05) is 53.9 Å². The first-order chi connectivity index (χ1) is 13.2. The van der Waals surface area contributed by atoms with Gasteiger partial charge in [0.25, 0.3) is 0 Å². The molecule has 0 aliphatic carbocycles. The lowest BCUT2D eigenvalue weighted by Gasteiger charge is -2.09. The molecule has 1 aromatic heterocycles. The summed E-state index contributed by atoms with van der Waals surface area (Å²) in [7, 11) is 3.18. The first kappa shape index (κ1) is 18.9. The van der Waals surface area contributed by atoms with Crippen LogP contribution in [0.5, 0.6) is 11.5 Å². The molecule has 0 bridgehead atoms. The van der Waals surface area contributed by atoms with Gasteiger partial charge in [0.1, 0.15) is 11.6 Å². The second kappa shape index (κ2) is 9.19. The van der Waals surface area contributed by atoms with Crippen LogP contribution in [0.1, 0.15) is 17.7 Å². The van der Waals surface area contributed by atoms with Gasteiger partial charge in [-0.15, -0.1) is 11.3 Å². The van der Waals surface area contributed by atoms with Crippen LogP contribution in [0.25, 0.3) is 10.6 Å². The van der Waals surface area contributed by atoms with Crippen molar-refractivity contribution in [1.29, 1.82) is 0 Å². The Morgan fingerprint density at radius 3 is 2.56 bits per heavy atom. The third-order valence-corrected chi connectivity index (χ3v) is 4.96. The van der Waals surface area contributed by atoms with Crippen molar-refractivity contribution in [2.45, 2.75) is 19.4 Å². The van der Waals surface area contributed by atoms with E-state index in [-0.39, 0.29) is 12.6 Å². The number of esters is 1. The number of hydrogen-bond donors (Lipinski definition) is 0. The minimum Gasteiger partial charge on any atom is -0.493 e. The van der Waals surface area contributed by atoms with E-state index < -0.39 is 0 Å². The molecule has 3 aromatic rings. The predicted molar refractivity (Wildman–Crippen MR) is 105 cm³/mol. The zero-order valence-corrected chi connectivity index (χ0v) is 16.1. The number of hydrogen-bond acceptors (Lipinski definition) is 6. The number of aromatic nitrogens is 1. The fraction of sp³-hybridized carbons (Fsp3) is 0.238. The molecule has 0 spiro atoms. The van der Waals surface area contributed by atoms with Gasteiger partial charge in [-0.1, -0.05) is 36.4 Å². The normalized spacial score (nSPS) is 10.4. The number of ether oxygens (including phenoxy) is 3. The molecule has 0 atom stereocenters. The van der Waals surface area contributed by atoms with Crippen LogP contribution in [0.3, 0.4) is 0 Å². The highest BCUT2D eigenvalue weighted by Gasteiger charge is 2.10. The first-order valence-corrected chi connectivity index (χ1v) is 9.44. The average Bonchev–Trinajstić information content (AvgIpc) is 3.20. The van der Waals surface area contributed by atoms with Gasteiger partial charge in [0.2, 0.25) is 0 Å². The number of thiazole rings is 1. The van der Waals surface area contributed by atoms with Crippen LogP contribution in [-0.2, 0) is 22.6 Å². The van der Waals surface area contributed by atoms with Crippen molar-refractivity contribution < 1.29 is 19.0 Å². The largest absolute Gasteiger partial charge is 0.493 e. The molecule has 0 saturated heterocycles. The molecule has 140 valence electrons. The van der Waals surface area contributed by atoms with E-state index in [0.29, 0.717) is 24.3 Å². The average molecular weight is 383 g/mol. The van der Waals surface area contributed by atoms with Crippen molar-refractivity contribution in [1.82, 2.24) is 4.98 Å². The van der Waals surface area contributed by atoms with E-state index in [9.17, 15) is 4.79 Å². The molecule has 0 radical (unpaired) electrons. The Labute approximate surface area is 162 Å². The molecule has 0 aliphatic heterocycles. The third-order valence-electron chi connectivity index (χ3n) is 4.02. The number of methoxy groups -OCH3 is 2. The summed E-state index contributed by atoms with van der Waals surface area (Å²) in [5, 5.41) is 2.84. The lowest BCUT2D eigenvalue weighted by Crippen LogP contribution is -2.06. The Bertz CT molecular complexity index is 892. The molecule has 0 amide bonds. The second-order valence-electron chi connectivity index (χ2n) is 5.86. The molecule has 2 aromatic carbocycles. The van der Waals surface area contributed by atoms with Gasteiger partial charge >= 0.3 is 5.97 Å². The molecule has 27 heavy (non-hydrogen) atoms. The Hall–Kier alpha value is -2.86. The SMILES string of the molecule is COc1ccc(CCC(=O)OCc2csc(-c3ccccc3)n2)cc1OC. The van der Waals surface area contributed by atoms with Crippen LogP contribution in [-0.4, -0.2) is 25.2 Å². The van der Waals surface area contributed by atoms with Crippen molar-refractivity contribution in [2.24, 2.45) is 0 Å². The summed E-state index contributed by atoms with van der Waals surface area (Å²) in [6, 6.07) is 15.6. The fourth-order valence-electron chi connectivity index (χ4n) is 2.60. The molecule has 0 unspecified atom stereocenters. The highest BCUT2D eigenvalue weighted by molar-refractivity contribution is 7.13. The predicted octanol–water partition coefficient (Wildman–Crippen LogP) is 4.50. The van der Waals surface area contributed by atoms with Gasteiger partial charge in [0.05, 0.1) is 19.9 Å². The van der Waals surface area contributed by atoms with Gasteiger partial charge in [0, 0.05) is 17.4 Å². The highest BCUT2D eigenvalue weighted by Crippen LogP contribution is 2.28. The molecule has 0 saturated carbocycles. The molecule has 5 nitrogen and oxygen atoms in total. The molecular formula is C21H21NO4S. The number of benzene rings is 2. The summed E-state index contributed by atoms with van der Waals surface area (Å²) in [5.74, 6) is 1.07. The van der Waals surface area contributed by atoms with Crippen molar-refractivity contribution >= 4 is 17.3 Å². The molecule has 3 rings (SSSR count). The molecular weight excluding hydrogens is 362 g/mol. The Balaban J connectivity index is 1.50. The van der Waals surface area contributed by atoms with Crippen LogP contribution in [0.2, 0.25) is 0 Å². The summed E-state index contributed by atoms with van der Waals surface area (Å²) in [5.41, 5.74) is 2.82. The second-order valence-corrected chi connectivity index (χ2v) is 6.72. The zero-order valence-electron chi connectivity index (χ0n) is 15.3. The van der Waals surface area contributed by atoms with Crippen LogP contribution >= 0.6 is 11.3 Å². The van der Waals surface area contributed by atoms with Crippen LogP contribution in [0, 0.1) is 0 Å². The maximum atomic E-state index is 12.0. The Kier molecular flexibility index (Phi) is 6.44. The summed E-state index contributed by atoms with van der Waals surface area (Å²) in [4.78, 5) is 16.6. The van der Waals surface area contributed by atoms with Crippen molar-refractivity contribution in [3.05, 3.63) is 65.2 Å². The Morgan fingerprint density at radius 2 is 1.81 bits per heavy atom. The number of carbonyl (C=O) groups excluding carboxylic acids is 1. The summed E-state index contributed by atoms with van der Waals surface area (Å²) in [6.07, 6.45) is 0.872. The van der Waals surface area contributed by atoms with Gasteiger partial charge in [-0.2, -0.15) is 0 Å². The third kappa shape index (κ3) is 5.08. The van der Waals surface area contributed by atoms with Crippen LogP contribution in [0.4, 0.5) is 0 Å². The fourth-order valence-corrected chi connectivity index (χ4v) is 3.41. The van der Waals surface area contributed by atoms with Crippen molar-refractivity contribution in [3.8, 4) is 22.1 Å². The van der Waals surface area contributed by atoms with Gasteiger partial charge in [-0.25, -0.2) is 4.98 Å². The minimum atomic E-state index is -0.251. The smallest absolute Gasteiger partial charge is 0.306 e. The van der Waals surface area contributed by atoms with Crippen molar-refractivity contribution in [2.75, 3.05) is 14.2 Å². The van der Waals surface area contributed by atoms with E-state index in [0.717, 1.165) is 21.8 Å². The van der Waals surface area contributed by atoms with Crippen molar-refractivity contribution in [3.63, 3.8) is 0 Å².